The van der Waals surface area contributed by atoms with Gasteiger partial charge in [0.15, 0.2) is 5.82 Å². The summed E-state index contributed by atoms with van der Waals surface area (Å²) in [5.41, 5.74) is 4.04. The van der Waals surface area contributed by atoms with Gasteiger partial charge in [-0.1, -0.05) is 17.7 Å². The van der Waals surface area contributed by atoms with Gasteiger partial charge in [0.1, 0.15) is 18.4 Å². The first-order chi connectivity index (χ1) is 15.1. The lowest BCUT2D eigenvalue weighted by molar-refractivity contribution is 0.588. The highest BCUT2D eigenvalue weighted by molar-refractivity contribution is 7.69. The maximum atomic E-state index is 15.0. The van der Waals surface area contributed by atoms with Crippen LogP contribution in [0.1, 0.15) is 24.2 Å². The second-order valence-corrected chi connectivity index (χ2v) is 11.5. The zero-order valence-electron chi connectivity index (χ0n) is 18.1. The van der Waals surface area contributed by atoms with Gasteiger partial charge in [0.05, 0.1) is 33.4 Å². The first-order valence-electron chi connectivity index (χ1n) is 10.00. The summed E-state index contributed by atoms with van der Waals surface area (Å²) in [6.45, 7) is 7.03. The number of rotatable bonds is 5. The van der Waals surface area contributed by atoms with E-state index in [2.05, 4.69) is 25.3 Å². The van der Waals surface area contributed by atoms with Gasteiger partial charge in [-0.3, -0.25) is 9.97 Å². The van der Waals surface area contributed by atoms with Crippen LogP contribution in [-0.4, -0.2) is 33.3 Å². The Morgan fingerprint density at radius 3 is 2.56 bits per heavy atom. The molecule has 0 spiro atoms. The topological polar surface area (TPSA) is 80.7 Å². The van der Waals surface area contributed by atoms with Gasteiger partial charge in [-0.05, 0) is 50.9 Å². The Morgan fingerprint density at radius 2 is 1.94 bits per heavy atom. The van der Waals surface area contributed by atoms with Gasteiger partial charge in [-0.2, -0.15) is 0 Å². The monoisotopic (exact) mass is 469 g/mol. The molecule has 0 aliphatic rings. The lowest BCUT2D eigenvalue weighted by Crippen LogP contribution is -2.10. The molecular weight excluding hydrogens is 448 g/mol. The maximum absolute atomic E-state index is 15.0. The van der Waals surface area contributed by atoms with E-state index in [4.69, 9.17) is 11.6 Å². The molecule has 0 saturated carbocycles. The van der Waals surface area contributed by atoms with E-state index >= 15 is 0 Å². The summed E-state index contributed by atoms with van der Waals surface area (Å²) in [5.74, 6) is -0.524. The Labute approximate surface area is 190 Å². The third-order valence-electron chi connectivity index (χ3n) is 5.14. The van der Waals surface area contributed by atoms with E-state index in [1.54, 1.807) is 44.8 Å². The minimum atomic E-state index is -2.51. The van der Waals surface area contributed by atoms with Gasteiger partial charge in [-0.25, -0.2) is 14.4 Å². The number of hydrogen-bond donors (Lipinski definition) is 1. The van der Waals surface area contributed by atoms with E-state index in [9.17, 15) is 8.96 Å². The molecule has 164 valence electrons. The van der Waals surface area contributed by atoms with Gasteiger partial charge in [0, 0.05) is 30.2 Å². The van der Waals surface area contributed by atoms with E-state index in [0.717, 1.165) is 5.56 Å². The molecule has 4 heterocycles. The van der Waals surface area contributed by atoms with E-state index < -0.39 is 13.0 Å². The molecule has 0 aliphatic heterocycles. The van der Waals surface area contributed by atoms with E-state index in [1.165, 1.54) is 12.3 Å². The van der Waals surface area contributed by atoms with E-state index in [-0.39, 0.29) is 11.7 Å². The van der Waals surface area contributed by atoms with Gasteiger partial charge < -0.3 is 9.88 Å². The number of nitrogens with zero attached hydrogens (tertiary/aromatic N) is 4. The zero-order valence-corrected chi connectivity index (χ0v) is 19.7. The first-order valence-corrected chi connectivity index (χ1v) is 13.0. The van der Waals surface area contributed by atoms with Crippen LogP contribution in [0.3, 0.4) is 0 Å². The lowest BCUT2D eigenvalue weighted by atomic mass is 10.1. The summed E-state index contributed by atoms with van der Waals surface area (Å²) in [6, 6.07) is 8.36. The number of pyridine rings is 4. The first kappa shape index (κ1) is 22.3. The van der Waals surface area contributed by atoms with Crippen molar-refractivity contribution in [1.29, 1.82) is 0 Å². The van der Waals surface area contributed by atoms with Gasteiger partial charge in [0.25, 0.3) is 0 Å². The summed E-state index contributed by atoms with van der Waals surface area (Å²) in [5, 5.41) is 3.81. The molecule has 6 nitrogen and oxygen atoms in total. The molecule has 0 aliphatic carbocycles. The number of anilines is 1. The number of aromatic nitrogens is 4. The fraction of sp³-hybridized carbons (Fsp3) is 0.217. The smallest absolute Gasteiger partial charge is 0.151 e. The zero-order chi connectivity index (χ0) is 23.0. The normalized spacial score (nSPS) is 12.7. The summed E-state index contributed by atoms with van der Waals surface area (Å²) >= 11 is 6.60. The average Bonchev–Trinajstić information content (AvgIpc) is 2.76. The van der Waals surface area contributed by atoms with Crippen LogP contribution < -0.4 is 10.8 Å². The fourth-order valence-corrected chi connectivity index (χ4v) is 4.33. The number of halogens is 2. The van der Waals surface area contributed by atoms with Crippen molar-refractivity contribution in [2.24, 2.45) is 0 Å². The van der Waals surface area contributed by atoms with Crippen molar-refractivity contribution in [3.8, 4) is 11.3 Å². The molecule has 1 N–H and O–H groups in total. The highest BCUT2D eigenvalue weighted by Crippen LogP contribution is 2.37. The third kappa shape index (κ3) is 4.36. The molecule has 4 aromatic rings. The van der Waals surface area contributed by atoms with Crippen LogP contribution in [0.4, 0.5) is 10.1 Å². The predicted octanol–water partition coefficient (Wildman–Crippen LogP) is 5.61. The molecule has 0 saturated heterocycles. The number of hydrogen-bond acceptors (Lipinski definition) is 6. The highest BCUT2D eigenvalue weighted by Gasteiger charge is 2.20. The van der Waals surface area contributed by atoms with Gasteiger partial charge in [0.2, 0.25) is 0 Å². The van der Waals surface area contributed by atoms with Crippen molar-refractivity contribution in [3.05, 3.63) is 71.0 Å². The molecule has 0 fully saturated rings. The van der Waals surface area contributed by atoms with Crippen LogP contribution in [0.2, 0.25) is 5.02 Å². The largest absolute Gasteiger partial charge is 0.375 e. The summed E-state index contributed by atoms with van der Waals surface area (Å²) in [4.78, 5) is 17.4. The molecule has 4 rings (SSSR count). The average molecular weight is 470 g/mol. The molecule has 0 bridgehead atoms. The molecular formula is C23H22ClFN5OP. The maximum Gasteiger partial charge on any atom is 0.151 e. The molecule has 0 unspecified atom stereocenters. The van der Waals surface area contributed by atoms with Crippen LogP contribution in [0, 0.1) is 12.7 Å². The van der Waals surface area contributed by atoms with Crippen molar-refractivity contribution in [3.63, 3.8) is 0 Å². The quantitative estimate of drug-likeness (QED) is 0.383. The minimum Gasteiger partial charge on any atom is -0.375 e. The Hall–Kier alpha value is -2.89. The fourth-order valence-electron chi connectivity index (χ4n) is 3.37. The summed E-state index contributed by atoms with van der Waals surface area (Å²) in [7, 11) is -2.51. The number of fused-ring (bicyclic) bond motifs is 1. The molecule has 32 heavy (non-hydrogen) atoms. The Morgan fingerprint density at radius 1 is 1.16 bits per heavy atom. The number of aryl methyl sites for hydroxylation is 1. The van der Waals surface area contributed by atoms with Crippen molar-refractivity contribution < 1.29 is 8.96 Å². The van der Waals surface area contributed by atoms with Crippen LogP contribution in [0.25, 0.3) is 22.3 Å². The molecule has 9 heteroatoms. The van der Waals surface area contributed by atoms with Crippen LogP contribution >= 0.6 is 18.7 Å². The van der Waals surface area contributed by atoms with E-state index in [1.807, 2.05) is 19.1 Å². The minimum absolute atomic E-state index is 0.120. The van der Waals surface area contributed by atoms with Crippen molar-refractivity contribution in [2.75, 3.05) is 18.6 Å². The lowest BCUT2D eigenvalue weighted by Gasteiger charge is -2.19. The third-order valence-corrected chi connectivity index (χ3v) is 6.97. The molecule has 0 radical (unpaired) electrons. The van der Waals surface area contributed by atoms with Gasteiger partial charge >= 0.3 is 0 Å². The Balaban J connectivity index is 1.84. The van der Waals surface area contributed by atoms with Crippen molar-refractivity contribution in [2.45, 2.75) is 19.9 Å². The number of nitrogens with one attached hydrogen (secondary N) is 1. The molecule has 1 atom stereocenters. The van der Waals surface area contributed by atoms with Crippen molar-refractivity contribution in [1.82, 2.24) is 19.9 Å². The Bertz CT molecular complexity index is 1340. The van der Waals surface area contributed by atoms with Crippen LogP contribution in [-0.2, 0) is 4.57 Å². The SMILES string of the molecule is Cc1nc2cc(F)c(-c3ccc(P(C)(C)=O)nc3)nc2c(N[C@H](C)c2cccnc2)c1Cl. The van der Waals surface area contributed by atoms with Crippen LogP contribution in [0.15, 0.2) is 48.9 Å². The highest BCUT2D eigenvalue weighted by atomic mass is 35.5. The van der Waals surface area contributed by atoms with Crippen LogP contribution in [0.5, 0.6) is 0 Å². The standard InChI is InChI=1S/C23H22ClFN5OP/c1-13(15-6-5-9-26-11-15)29-23-20(24)14(2)28-18-10-17(25)21(30-22(18)23)16-7-8-19(27-12-16)32(3,4)31/h5-13H,1-4H3,(H,28,29)/t13-/m1/s1. The molecule has 0 aromatic carbocycles. The second kappa shape index (κ2) is 8.57. The molecule has 0 amide bonds. The Kier molecular flexibility index (Phi) is 5.97. The second-order valence-electron chi connectivity index (χ2n) is 7.98. The van der Waals surface area contributed by atoms with Crippen molar-refractivity contribution >= 4 is 40.9 Å². The summed E-state index contributed by atoms with van der Waals surface area (Å²) < 4.78 is 27.2. The van der Waals surface area contributed by atoms with E-state index in [0.29, 0.717) is 38.4 Å². The van der Waals surface area contributed by atoms with Gasteiger partial charge in [-0.15, -0.1) is 0 Å². The predicted molar refractivity (Wildman–Crippen MR) is 128 cm³/mol. The summed E-state index contributed by atoms with van der Waals surface area (Å²) in [6.07, 6.45) is 4.97. The molecule has 4 aromatic heterocycles.